The monoisotopic (exact) mass is 574 g/mol. The number of esters is 2. The van der Waals surface area contributed by atoms with Gasteiger partial charge in [0.15, 0.2) is 0 Å². The number of carbonyl (C=O) groups excluding carboxylic acids is 2. The first-order valence-electron chi connectivity index (χ1n) is 14.3. The van der Waals surface area contributed by atoms with E-state index in [-0.39, 0.29) is 37.0 Å². The molecule has 0 amide bonds. The van der Waals surface area contributed by atoms with Gasteiger partial charge >= 0.3 is 11.9 Å². The minimum absolute atomic E-state index is 0.0393. The molecule has 0 aliphatic heterocycles. The second-order valence-electron chi connectivity index (χ2n) is 10.2. The molecular weight excluding hydrogens is 536 g/mol. The number of aliphatic hydroxyl groups is 1. The first kappa shape index (κ1) is 31.0. The van der Waals surface area contributed by atoms with E-state index >= 15 is 0 Å². The average Bonchev–Trinajstić information content (AvgIpc) is 3.02. The van der Waals surface area contributed by atoms with Crippen LogP contribution in [0.3, 0.4) is 0 Å². The number of aliphatic hydroxyl groups excluding tert-OH is 1. The van der Waals surface area contributed by atoms with Gasteiger partial charge in [0.25, 0.3) is 0 Å². The van der Waals surface area contributed by atoms with E-state index in [1.165, 1.54) is 0 Å². The zero-order valence-electron chi connectivity index (χ0n) is 23.7. The number of carbonyl (C=O) groups is 2. The molecule has 0 heterocycles. The third-order valence-corrected chi connectivity index (χ3v) is 7.04. The lowest BCUT2D eigenvalue weighted by molar-refractivity contribution is -0.145. The second-order valence-corrected chi connectivity index (χ2v) is 10.2. The van der Waals surface area contributed by atoms with Crippen molar-refractivity contribution in [2.75, 3.05) is 33.0 Å². The van der Waals surface area contributed by atoms with Crippen LogP contribution in [-0.4, -0.2) is 50.1 Å². The van der Waals surface area contributed by atoms with Crippen LogP contribution in [0.2, 0.25) is 0 Å². The fraction of sp³-hybridized carbons (Fsp3) is 0.353. The van der Waals surface area contributed by atoms with E-state index in [2.05, 4.69) is 6.58 Å². The van der Waals surface area contributed by atoms with Gasteiger partial charge < -0.3 is 28.8 Å². The van der Waals surface area contributed by atoms with Crippen molar-refractivity contribution in [3.8, 4) is 17.2 Å². The number of ether oxygens (including phenoxy) is 5. The van der Waals surface area contributed by atoms with Crippen LogP contribution in [-0.2, 0) is 25.7 Å². The maximum absolute atomic E-state index is 12.7. The van der Waals surface area contributed by atoms with Gasteiger partial charge in [-0.2, -0.15) is 0 Å². The molecule has 1 saturated carbocycles. The van der Waals surface area contributed by atoms with Crippen molar-refractivity contribution < 1.29 is 38.4 Å². The summed E-state index contributed by atoms with van der Waals surface area (Å²) in [5.74, 6) is 0.489. The Morgan fingerprint density at radius 1 is 0.690 bits per heavy atom. The highest BCUT2D eigenvalue weighted by Gasteiger charge is 2.32. The molecule has 0 unspecified atom stereocenters. The molecule has 222 valence electrons. The summed E-state index contributed by atoms with van der Waals surface area (Å²) in [4.78, 5) is 25.5. The van der Waals surface area contributed by atoms with E-state index in [9.17, 15) is 9.59 Å². The van der Waals surface area contributed by atoms with Crippen molar-refractivity contribution in [2.24, 2.45) is 11.8 Å². The van der Waals surface area contributed by atoms with Gasteiger partial charge in [0, 0.05) is 0 Å². The molecular formula is C34H38O8. The number of benzene rings is 3. The molecule has 8 heteroatoms. The van der Waals surface area contributed by atoms with Crippen LogP contribution in [0.25, 0.3) is 5.57 Å². The maximum Gasteiger partial charge on any atom is 0.314 e. The Labute approximate surface area is 246 Å². The van der Waals surface area contributed by atoms with Crippen molar-refractivity contribution in [1.29, 1.82) is 0 Å². The number of hydrogen-bond acceptors (Lipinski definition) is 8. The minimum atomic E-state index is -0.291. The Morgan fingerprint density at radius 2 is 1.24 bits per heavy atom. The Morgan fingerprint density at radius 3 is 1.81 bits per heavy atom. The highest BCUT2D eigenvalue weighted by molar-refractivity contribution is 5.78. The Balaban J connectivity index is 1.13. The molecule has 0 saturated heterocycles. The van der Waals surface area contributed by atoms with E-state index < -0.39 is 0 Å². The van der Waals surface area contributed by atoms with Crippen molar-refractivity contribution in [3.63, 3.8) is 0 Å². The molecule has 0 aromatic heterocycles. The zero-order valence-corrected chi connectivity index (χ0v) is 23.7. The quantitative estimate of drug-likeness (QED) is 0.142. The molecule has 1 aliphatic rings. The van der Waals surface area contributed by atoms with Gasteiger partial charge in [-0.05, 0) is 78.8 Å². The van der Waals surface area contributed by atoms with Crippen LogP contribution >= 0.6 is 0 Å². The third-order valence-electron chi connectivity index (χ3n) is 7.04. The van der Waals surface area contributed by atoms with Crippen LogP contribution in [0.1, 0.15) is 36.8 Å². The predicted molar refractivity (Wildman–Crippen MR) is 158 cm³/mol. The van der Waals surface area contributed by atoms with E-state index in [1.54, 1.807) is 36.4 Å². The van der Waals surface area contributed by atoms with Crippen LogP contribution in [0.15, 0.2) is 85.4 Å². The van der Waals surface area contributed by atoms with Gasteiger partial charge in [-0.15, -0.1) is 0 Å². The molecule has 42 heavy (non-hydrogen) atoms. The summed E-state index contributed by atoms with van der Waals surface area (Å²) in [6.45, 7) is 5.93. The van der Waals surface area contributed by atoms with Gasteiger partial charge in [0.1, 0.15) is 23.9 Å². The van der Waals surface area contributed by atoms with Crippen molar-refractivity contribution in [2.45, 2.75) is 32.3 Å². The number of rotatable bonds is 15. The van der Waals surface area contributed by atoms with Gasteiger partial charge in [0.2, 0.25) is 0 Å². The average molecular weight is 575 g/mol. The second kappa shape index (κ2) is 16.5. The third kappa shape index (κ3) is 9.83. The molecule has 1 aliphatic carbocycles. The molecule has 0 spiro atoms. The minimum Gasteiger partial charge on any atom is -0.491 e. The van der Waals surface area contributed by atoms with Crippen molar-refractivity contribution in [3.05, 3.63) is 96.6 Å². The van der Waals surface area contributed by atoms with Crippen molar-refractivity contribution in [1.82, 2.24) is 0 Å². The Bertz CT molecular complexity index is 1260. The summed E-state index contributed by atoms with van der Waals surface area (Å²) < 4.78 is 27.8. The summed E-state index contributed by atoms with van der Waals surface area (Å²) >= 11 is 0. The molecule has 0 radical (unpaired) electrons. The zero-order chi connectivity index (χ0) is 29.6. The van der Waals surface area contributed by atoms with E-state index in [0.29, 0.717) is 69.4 Å². The van der Waals surface area contributed by atoms with Crippen LogP contribution in [0, 0.1) is 11.8 Å². The number of hydrogen-bond donors (Lipinski definition) is 1. The Hall–Kier alpha value is -3.98. The summed E-state index contributed by atoms with van der Waals surface area (Å²) in [6.07, 6.45) is 2.26. The fourth-order valence-electron chi connectivity index (χ4n) is 4.65. The van der Waals surface area contributed by atoms with Crippen LogP contribution < -0.4 is 14.2 Å². The van der Waals surface area contributed by atoms with E-state index in [4.69, 9.17) is 28.8 Å². The van der Waals surface area contributed by atoms with Gasteiger partial charge in [-0.25, -0.2) is 0 Å². The molecule has 1 N–H and O–H groups in total. The molecule has 3 aromatic carbocycles. The predicted octanol–water partition coefficient (Wildman–Crippen LogP) is 5.62. The van der Waals surface area contributed by atoms with Crippen LogP contribution in [0.5, 0.6) is 17.2 Å². The smallest absolute Gasteiger partial charge is 0.314 e. The van der Waals surface area contributed by atoms with Gasteiger partial charge in [-0.1, -0.05) is 49.0 Å². The standard InChI is InChI=1S/C34H38O8/c1-25(23-38-20-19-35)27-11-13-31(14-12-27)41-33(36)28-7-9-29(10-8-28)34(37)42-32-17-15-30(16-18-32)40-22-21-39-24-26-5-3-2-4-6-26/h2-6,11-18,28-29,35H,1,7-10,19-24H2. The fourth-order valence-corrected chi connectivity index (χ4v) is 4.65. The summed E-state index contributed by atoms with van der Waals surface area (Å²) in [6, 6.07) is 24.0. The first-order valence-corrected chi connectivity index (χ1v) is 14.3. The molecule has 4 rings (SSSR count). The lowest BCUT2D eigenvalue weighted by Gasteiger charge is -2.25. The normalized spacial score (nSPS) is 16.4. The van der Waals surface area contributed by atoms with Gasteiger partial charge in [-0.3, -0.25) is 9.59 Å². The van der Waals surface area contributed by atoms with E-state index in [0.717, 1.165) is 16.7 Å². The lowest BCUT2D eigenvalue weighted by atomic mass is 9.82. The van der Waals surface area contributed by atoms with Crippen molar-refractivity contribution >= 4 is 17.5 Å². The largest absolute Gasteiger partial charge is 0.491 e. The SMILES string of the molecule is C=C(COCCO)c1ccc(OC(=O)C2CCC(C(=O)Oc3ccc(OCCOCc4ccccc4)cc3)CC2)cc1. The molecule has 3 aromatic rings. The summed E-state index contributed by atoms with van der Waals surface area (Å²) in [7, 11) is 0. The van der Waals surface area contributed by atoms with E-state index in [1.807, 2.05) is 42.5 Å². The Kier molecular flexibility index (Phi) is 12.1. The first-order chi connectivity index (χ1) is 20.5. The van der Waals surface area contributed by atoms with Gasteiger partial charge in [0.05, 0.1) is 44.9 Å². The molecule has 0 bridgehead atoms. The van der Waals surface area contributed by atoms with Crippen LogP contribution in [0.4, 0.5) is 0 Å². The maximum atomic E-state index is 12.7. The lowest BCUT2D eigenvalue weighted by Crippen LogP contribution is -2.30. The summed E-state index contributed by atoms with van der Waals surface area (Å²) in [5, 5.41) is 8.81. The molecule has 1 fully saturated rings. The topological polar surface area (TPSA) is 101 Å². The summed E-state index contributed by atoms with van der Waals surface area (Å²) in [5.41, 5.74) is 2.76. The highest BCUT2D eigenvalue weighted by atomic mass is 16.5. The highest BCUT2D eigenvalue weighted by Crippen LogP contribution is 2.32. The molecule has 0 atom stereocenters. The molecule has 8 nitrogen and oxygen atoms in total.